The first kappa shape index (κ1) is 19.5. The summed E-state index contributed by atoms with van der Waals surface area (Å²) < 4.78 is 5.62. The molecule has 0 saturated heterocycles. The highest BCUT2D eigenvalue weighted by atomic mass is 16.5. The number of rotatable bonds is 7. The Bertz CT molecular complexity index is 886. The highest BCUT2D eigenvalue weighted by Crippen LogP contribution is 2.16. The third-order valence-corrected chi connectivity index (χ3v) is 3.62. The van der Waals surface area contributed by atoms with E-state index in [1.54, 1.807) is 42.5 Å². The number of nitrogens with zero attached hydrogens (tertiary/aromatic N) is 1. The zero-order valence-corrected chi connectivity index (χ0v) is 14.1. The smallest absolute Gasteiger partial charge is 0.394 e. The molecule has 0 aromatic heterocycles. The summed E-state index contributed by atoms with van der Waals surface area (Å²) in [6, 6.07) is 14.2. The molecule has 0 aliphatic rings. The number of carboxylic acid groups (broad SMARTS) is 2. The molecule has 8 heteroatoms. The zero-order chi connectivity index (χ0) is 19.8. The highest BCUT2D eigenvalue weighted by molar-refractivity contribution is 6.31. The molecule has 2 aromatic rings. The van der Waals surface area contributed by atoms with E-state index < -0.39 is 23.9 Å². The van der Waals surface area contributed by atoms with Crippen LogP contribution in [-0.2, 0) is 27.4 Å². The first-order chi connectivity index (χ1) is 12.9. The molecule has 0 aliphatic carbocycles. The van der Waals surface area contributed by atoms with Gasteiger partial charge in [-0.05, 0) is 35.4 Å². The molecule has 0 heterocycles. The number of hydrogen-bond donors (Lipinski definition) is 3. The van der Waals surface area contributed by atoms with Crippen molar-refractivity contribution >= 4 is 17.8 Å². The van der Waals surface area contributed by atoms with Crippen molar-refractivity contribution in [2.75, 3.05) is 0 Å². The molecule has 2 aromatic carbocycles. The van der Waals surface area contributed by atoms with Crippen LogP contribution in [0.15, 0.2) is 48.5 Å². The van der Waals surface area contributed by atoms with Crippen LogP contribution in [0.4, 0.5) is 0 Å². The number of aliphatic carboxylic acids is 2. The minimum Gasteiger partial charge on any atom is -0.489 e. The fourth-order valence-electron chi connectivity index (χ4n) is 2.27. The molecular weight excluding hydrogens is 352 g/mol. The topological polar surface area (TPSA) is 137 Å². The highest BCUT2D eigenvalue weighted by Gasteiger charge is 2.23. The molecule has 0 fully saturated rings. The Morgan fingerprint density at radius 2 is 1.78 bits per heavy atom. The van der Waals surface area contributed by atoms with Crippen LogP contribution >= 0.6 is 0 Å². The maximum atomic E-state index is 11.2. The Hall–Kier alpha value is -3.86. The zero-order valence-electron chi connectivity index (χ0n) is 14.1. The van der Waals surface area contributed by atoms with E-state index in [1.165, 1.54) is 0 Å². The van der Waals surface area contributed by atoms with Crippen molar-refractivity contribution in [1.82, 2.24) is 5.32 Å². The Morgan fingerprint density at radius 1 is 1.07 bits per heavy atom. The van der Waals surface area contributed by atoms with Gasteiger partial charge in [0.25, 0.3) is 0 Å². The minimum atomic E-state index is -1.74. The van der Waals surface area contributed by atoms with E-state index in [0.29, 0.717) is 16.9 Å². The van der Waals surface area contributed by atoms with Gasteiger partial charge in [-0.15, -0.1) is 0 Å². The van der Waals surface area contributed by atoms with E-state index in [4.69, 9.17) is 20.2 Å². The van der Waals surface area contributed by atoms with Crippen LogP contribution in [0.5, 0.6) is 5.75 Å². The van der Waals surface area contributed by atoms with E-state index in [-0.39, 0.29) is 13.0 Å². The maximum absolute atomic E-state index is 11.2. The summed E-state index contributed by atoms with van der Waals surface area (Å²) in [7, 11) is 0. The normalized spacial score (nSPS) is 11.1. The summed E-state index contributed by atoms with van der Waals surface area (Å²) in [6.07, 6.45) is -0.0706. The van der Waals surface area contributed by atoms with Crippen LogP contribution in [0.3, 0.4) is 0 Å². The predicted molar refractivity (Wildman–Crippen MR) is 92.8 cm³/mol. The van der Waals surface area contributed by atoms with Gasteiger partial charge >= 0.3 is 17.8 Å². The van der Waals surface area contributed by atoms with Gasteiger partial charge in [0.15, 0.2) is 0 Å². The second-order valence-electron chi connectivity index (χ2n) is 5.62. The Labute approximate surface area is 154 Å². The lowest BCUT2D eigenvalue weighted by Gasteiger charge is -2.13. The molecule has 2 rings (SSSR count). The lowest BCUT2D eigenvalue weighted by Crippen LogP contribution is -2.45. The Kier molecular flexibility index (Phi) is 6.49. The van der Waals surface area contributed by atoms with Crippen molar-refractivity contribution in [2.45, 2.75) is 19.1 Å². The number of hydrogen-bond acceptors (Lipinski definition) is 5. The van der Waals surface area contributed by atoms with E-state index in [2.05, 4.69) is 6.07 Å². The number of carbonyl (C=O) groups excluding carboxylic acids is 1. The Morgan fingerprint density at radius 3 is 2.37 bits per heavy atom. The number of benzene rings is 2. The number of amides is 1. The van der Waals surface area contributed by atoms with Crippen molar-refractivity contribution in [3.63, 3.8) is 0 Å². The van der Waals surface area contributed by atoms with E-state index in [0.717, 1.165) is 5.56 Å². The van der Waals surface area contributed by atoms with E-state index >= 15 is 0 Å². The van der Waals surface area contributed by atoms with Crippen LogP contribution in [0.25, 0.3) is 0 Å². The van der Waals surface area contributed by atoms with Crippen molar-refractivity contribution in [1.29, 1.82) is 5.26 Å². The van der Waals surface area contributed by atoms with Gasteiger partial charge in [-0.1, -0.05) is 24.3 Å². The number of carbonyl (C=O) groups is 3. The van der Waals surface area contributed by atoms with Crippen molar-refractivity contribution in [2.24, 2.45) is 0 Å². The monoisotopic (exact) mass is 368 g/mol. The fraction of sp³-hybridized carbons (Fsp3) is 0.158. The molecule has 0 saturated carbocycles. The summed E-state index contributed by atoms with van der Waals surface area (Å²) in [6.45, 7) is 0.265. The molecule has 138 valence electrons. The molecule has 0 unspecified atom stereocenters. The average Bonchev–Trinajstić information content (AvgIpc) is 2.66. The number of nitriles is 1. The van der Waals surface area contributed by atoms with Crippen LogP contribution in [0, 0.1) is 11.3 Å². The third kappa shape index (κ3) is 5.86. The molecule has 27 heavy (non-hydrogen) atoms. The van der Waals surface area contributed by atoms with Crippen molar-refractivity contribution < 1.29 is 29.3 Å². The first-order valence-corrected chi connectivity index (χ1v) is 7.86. The number of nitrogens with one attached hydrogen (secondary N) is 1. The van der Waals surface area contributed by atoms with Gasteiger partial charge in [0.1, 0.15) is 18.4 Å². The predicted octanol–water partition coefficient (Wildman–Crippen LogP) is 1.33. The van der Waals surface area contributed by atoms with Crippen molar-refractivity contribution in [3.8, 4) is 11.8 Å². The summed E-state index contributed by atoms with van der Waals surface area (Å²) in [5.74, 6) is -3.91. The van der Waals surface area contributed by atoms with Crippen LogP contribution in [0.2, 0.25) is 0 Å². The van der Waals surface area contributed by atoms with Gasteiger partial charge in [0.2, 0.25) is 0 Å². The lowest BCUT2D eigenvalue weighted by atomic mass is 10.1. The van der Waals surface area contributed by atoms with Gasteiger partial charge in [-0.3, -0.25) is 4.79 Å². The first-order valence-electron chi connectivity index (χ1n) is 7.86. The number of carboxylic acids is 2. The molecule has 0 spiro atoms. The van der Waals surface area contributed by atoms with Gasteiger partial charge in [-0.25, -0.2) is 9.59 Å². The molecule has 0 radical (unpaired) electrons. The quantitative estimate of drug-likeness (QED) is 0.627. The molecule has 8 nitrogen and oxygen atoms in total. The van der Waals surface area contributed by atoms with Crippen molar-refractivity contribution in [3.05, 3.63) is 65.2 Å². The fourth-order valence-corrected chi connectivity index (χ4v) is 2.27. The molecule has 1 amide bonds. The largest absolute Gasteiger partial charge is 0.489 e. The van der Waals surface area contributed by atoms with E-state index in [9.17, 15) is 14.4 Å². The third-order valence-electron chi connectivity index (χ3n) is 3.62. The lowest BCUT2D eigenvalue weighted by molar-refractivity contribution is -0.152. The Balaban J connectivity index is 1.97. The number of ether oxygens (including phenoxy) is 1. The van der Waals surface area contributed by atoms with Gasteiger partial charge in [-0.2, -0.15) is 5.26 Å². The maximum Gasteiger partial charge on any atom is 0.394 e. The van der Waals surface area contributed by atoms with Gasteiger partial charge in [0.05, 0.1) is 11.6 Å². The van der Waals surface area contributed by atoms with Crippen LogP contribution in [-0.4, -0.2) is 34.1 Å². The van der Waals surface area contributed by atoms with Gasteiger partial charge < -0.3 is 20.3 Å². The van der Waals surface area contributed by atoms with E-state index in [1.807, 2.05) is 11.4 Å². The summed E-state index contributed by atoms with van der Waals surface area (Å²) in [4.78, 5) is 32.9. The molecule has 3 N–H and O–H groups in total. The molecule has 0 aliphatic heterocycles. The van der Waals surface area contributed by atoms with Crippen LogP contribution in [0.1, 0.15) is 16.7 Å². The summed E-state index contributed by atoms with van der Waals surface area (Å²) in [5, 5.41) is 28.5. The second-order valence-corrected chi connectivity index (χ2v) is 5.62. The second kappa shape index (κ2) is 9.01. The molecule has 1 atom stereocenters. The SMILES string of the molecule is N#Cc1cccc(COc2ccc(C[C@@H](NC(=O)C(=O)O)C(=O)O)cc2)c1. The molecule has 0 bridgehead atoms. The van der Waals surface area contributed by atoms with Gasteiger partial charge in [0, 0.05) is 6.42 Å². The molecular formula is C19H16N2O6. The minimum absolute atomic E-state index is 0.0706. The summed E-state index contributed by atoms with van der Waals surface area (Å²) >= 11 is 0. The summed E-state index contributed by atoms with van der Waals surface area (Å²) in [5.41, 5.74) is 1.96. The average molecular weight is 368 g/mol. The standard InChI is InChI=1S/C19H16N2O6/c20-10-13-2-1-3-14(8-13)11-27-15-6-4-12(5-7-15)9-16(18(23)24)21-17(22)19(25)26/h1-8,16H,9,11H2,(H,21,22)(H,23,24)(H,25,26)/t16-/m1/s1. The van der Waals surface area contributed by atoms with Crippen LogP contribution < -0.4 is 10.1 Å².